The van der Waals surface area contributed by atoms with Gasteiger partial charge >= 0.3 is 5.97 Å². The van der Waals surface area contributed by atoms with Crippen molar-refractivity contribution in [3.05, 3.63) is 53.1 Å². The van der Waals surface area contributed by atoms with Crippen molar-refractivity contribution >= 4 is 16.9 Å². The van der Waals surface area contributed by atoms with Crippen molar-refractivity contribution in [1.29, 1.82) is 0 Å². The maximum absolute atomic E-state index is 11.8. The Balaban J connectivity index is 2.38. The zero-order chi connectivity index (χ0) is 18.1. The number of aryl methyl sites for hydroxylation is 2. The molecule has 2 aromatic carbocycles. The highest BCUT2D eigenvalue weighted by Crippen LogP contribution is 2.35. The fourth-order valence-corrected chi connectivity index (χ4v) is 2.86. The van der Waals surface area contributed by atoms with Crippen molar-refractivity contribution in [2.75, 3.05) is 14.2 Å². The van der Waals surface area contributed by atoms with Crippen molar-refractivity contribution in [3.8, 4) is 22.8 Å². The topological polar surface area (TPSA) is 68.7 Å². The van der Waals surface area contributed by atoms with Crippen LogP contribution >= 0.6 is 0 Å². The lowest BCUT2D eigenvalue weighted by Crippen LogP contribution is -2.02. The van der Waals surface area contributed by atoms with Crippen LogP contribution < -0.4 is 9.47 Å². The number of hydrogen-bond acceptors (Lipinski definition) is 4. The molecule has 1 aromatic heterocycles. The number of ether oxygens (including phenoxy) is 2. The summed E-state index contributed by atoms with van der Waals surface area (Å²) < 4.78 is 10.7. The summed E-state index contributed by atoms with van der Waals surface area (Å²) in [6.07, 6.45) is 0. The molecule has 0 aliphatic rings. The van der Waals surface area contributed by atoms with E-state index in [9.17, 15) is 9.90 Å². The maximum Gasteiger partial charge on any atom is 0.336 e. The van der Waals surface area contributed by atoms with E-state index < -0.39 is 5.97 Å². The van der Waals surface area contributed by atoms with E-state index in [0.717, 1.165) is 11.1 Å². The monoisotopic (exact) mass is 337 g/mol. The third-order valence-electron chi connectivity index (χ3n) is 4.42. The molecule has 5 nitrogen and oxygen atoms in total. The van der Waals surface area contributed by atoms with Crippen molar-refractivity contribution in [2.45, 2.75) is 13.8 Å². The summed E-state index contributed by atoms with van der Waals surface area (Å²) in [5, 5.41) is 10.3. The Hall–Kier alpha value is -3.08. The molecule has 0 amide bonds. The lowest BCUT2D eigenvalue weighted by molar-refractivity contribution is 0.0699. The number of carbonyl (C=O) groups is 1. The first kappa shape index (κ1) is 16.8. The second kappa shape index (κ2) is 6.43. The second-order valence-corrected chi connectivity index (χ2v) is 5.83. The molecule has 0 spiro atoms. The van der Waals surface area contributed by atoms with Crippen LogP contribution in [0.3, 0.4) is 0 Å². The van der Waals surface area contributed by atoms with E-state index in [1.54, 1.807) is 44.6 Å². The fourth-order valence-electron chi connectivity index (χ4n) is 2.86. The molecular formula is C20H19NO4. The molecule has 3 rings (SSSR count). The smallest absolute Gasteiger partial charge is 0.336 e. The van der Waals surface area contributed by atoms with Crippen LogP contribution in [0, 0.1) is 13.8 Å². The third kappa shape index (κ3) is 2.89. The summed E-state index contributed by atoms with van der Waals surface area (Å²) in [7, 11) is 3.15. The number of carboxylic acids is 1. The summed E-state index contributed by atoms with van der Waals surface area (Å²) >= 11 is 0. The third-order valence-corrected chi connectivity index (χ3v) is 4.42. The Morgan fingerprint density at radius 2 is 1.80 bits per heavy atom. The summed E-state index contributed by atoms with van der Waals surface area (Å²) in [4.78, 5) is 16.5. The second-order valence-electron chi connectivity index (χ2n) is 5.83. The van der Waals surface area contributed by atoms with Crippen LogP contribution in [-0.4, -0.2) is 30.3 Å². The Bertz CT molecular complexity index is 979. The van der Waals surface area contributed by atoms with Gasteiger partial charge in [0.2, 0.25) is 0 Å². The fraction of sp³-hybridized carbons (Fsp3) is 0.200. The highest BCUT2D eigenvalue weighted by Gasteiger charge is 2.17. The van der Waals surface area contributed by atoms with Gasteiger partial charge in [0.1, 0.15) is 11.5 Å². The number of rotatable bonds is 4. The molecule has 0 bridgehead atoms. The SMILES string of the molecule is COc1ccc(OC)c(-c2cc(C(=O)O)c3ccc(C)c(C)c3n2)c1. The number of pyridine rings is 1. The summed E-state index contributed by atoms with van der Waals surface area (Å²) in [5.74, 6) is 0.267. The molecule has 1 heterocycles. The van der Waals surface area contributed by atoms with Gasteiger partial charge in [0.05, 0.1) is 31.0 Å². The van der Waals surface area contributed by atoms with Crippen LogP contribution in [-0.2, 0) is 0 Å². The van der Waals surface area contributed by atoms with Crippen LogP contribution in [0.25, 0.3) is 22.2 Å². The van der Waals surface area contributed by atoms with E-state index in [2.05, 4.69) is 0 Å². The number of carboxylic acid groups (broad SMARTS) is 1. The molecule has 0 radical (unpaired) electrons. The Morgan fingerprint density at radius 1 is 1.04 bits per heavy atom. The summed E-state index contributed by atoms with van der Waals surface area (Å²) in [6, 6.07) is 10.7. The van der Waals surface area contributed by atoms with Gasteiger partial charge in [-0.05, 0) is 49.2 Å². The highest BCUT2D eigenvalue weighted by atomic mass is 16.5. The van der Waals surface area contributed by atoms with E-state index in [1.807, 2.05) is 19.9 Å². The van der Waals surface area contributed by atoms with Crippen LogP contribution in [0.15, 0.2) is 36.4 Å². The van der Waals surface area contributed by atoms with Gasteiger partial charge in [-0.3, -0.25) is 0 Å². The largest absolute Gasteiger partial charge is 0.497 e. The molecule has 5 heteroatoms. The van der Waals surface area contributed by atoms with E-state index in [-0.39, 0.29) is 5.56 Å². The minimum atomic E-state index is -0.987. The summed E-state index contributed by atoms with van der Waals surface area (Å²) in [5.41, 5.74) is 4.14. The number of hydrogen-bond donors (Lipinski definition) is 1. The summed E-state index contributed by atoms with van der Waals surface area (Å²) in [6.45, 7) is 3.93. The van der Waals surface area contributed by atoms with Crippen molar-refractivity contribution in [3.63, 3.8) is 0 Å². The molecule has 0 fully saturated rings. The Morgan fingerprint density at radius 3 is 2.44 bits per heavy atom. The number of nitrogens with zero attached hydrogens (tertiary/aromatic N) is 1. The first-order chi connectivity index (χ1) is 12.0. The maximum atomic E-state index is 11.8. The van der Waals surface area contributed by atoms with Gasteiger partial charge in [0, 0.05) is 10.9 Å². The predicted octanol–water partition coefficient (Wildman–Crippen LogP) is 4.23. The van der Waals surface area contributed by atoms with Crippen LogP contribution in [0.4, 0.5) is 0 Å². The van der Waals surface area contributed by atoms with E-state index in [1.165, 1.54) is 0 Å². The van der Waals surface area contributed by atoms with Crippen molar-refractivity contribution in [2.24, 2.45) is 0 Å². The van der Waals surface area contributed by atoms with Gasteiger partial charge in [-0.15, -0.1) is 0 Å². The van der Waals surface area contributed by atoms with Crippen molar-refractivity contribution < 1.29 is 19.4 Å². The molecule has 0 atom stereocenters. The Labute approximate surface area is 145 Å². The van der Waals surface area contributed by atoms with Crippen LogP contribution in [0.1, 0.15) is 21.5 Å². The van der Waals surface area contributed by atoms with Gasteiger partial charge in [-0.2, -0.15) is 0 Å². The molecule has 3 aromatic rings. The predicted molar refractivity (Wildman–Crippen MR) is 96.7 cm³/mol. The van der Waals surface area contributed by atoms with Crippen molar-refractivity contribution in [1.82, 2.24) is 4.98 Å². The van der Waals surface area contributed by atoms with Gasteiger partial charge in [-0.25, -0.2) is 9.78 Å². The van der Waals surface area contributed by atoms with Gasteiger partial charge in [0.25, 0.3) is 0 Å². The molecule has 0 saturated heterocycles. The molecule has 0 unspecified atom stereocenters. The minimum Gasteiger partial charge on any atom is -0.497 e. The molecule has 0 saturated carbocycles. The van der Waals surface area contributed by atoms with E-state index in [4.69, 9.17) is 14.5 Å². The lowest BCUT2D eigenvalue weighted by atomic mass is 9.99. The molecule has 128 valence electrons. The Kier molecular flexibility index (Phi) is 4.31. The first-order valence-electron chi connectivity index (χ1n) is 7.83. The van der Waals surface area contributed by atoms with Gasteiger partial charge < -0.3 is 14.6 Å². The number of fused-ring (bicyclic) bond motifs is 1. The molecule has 1 N–H and O–H groups in total. The molecular weight excluding hydrogens is 318 g/mol. The standard InChI is InChI=1S/C20H19NO4/c1-11-5-7-14-15(20(22)23)10-17(21-19(14)12(11)2)16-9-13(24-3)6-8-18(16)25-4/h5-10H,1-4H3,(H,22,23). The normalized spacial score (nSPS) is 10.7. The van der Waals surface area contributed by atoms with Crippen LogP contribution in [0.5, 0.6) is 11.5 Å². The number of aromatic nitrogens is 1. The highest BCUT2D eigenvalue weighted by molar-refractivity contribution is 6.05. The minimum absolute atomic E-state index is 0.216. The number of benzene rings is 2. The average molecular weight is 337 g/mol. The molecule has 25 heavy (non-hydrogen) atoms. The quantitative estimate of drug-likeness (QED) is 0.771. The van der Waals surface area contributed by atoms with Crippen LogP contribution in [0.2, 0.25) is 0 Å². The number of methoxy groups -OCH3 is 2. The average Bonchev–Trinajstić information content (AvgIpc) is 2.63. The molecule has 0 aliphatic carbocycles. The van der Waals surface area contributed by atoms with Gasteiger partial charge in [-0.1, -0.05) is 12.1 Å². The van der Waals surface area contributed by atoms with Gasteiger partial charge in [0.15, 0.2) is 0 Å². The van der Waals surface area contributed by atoms with E-state index >= 15 is 0 Å². The zero-order valence-corrected chi connectivity index (χ0v) is 14.6. The molecule has 0 aliphatic heterocycles. The zero-order valence-electron chi connectivity index (χ0n) is 14.6. The first-order valence-corrected chi connectivity index (χ1v) is 7.83. The number of aromatic carboxylic acids is 1. The lowest BCUT2D eigenvalue weighted by Gasteiger charge is -2.13. The van der Waals surface area contributed by atoms with E-state index in [0.29, 0.717) is 33.7 Å².